The van der Waals surface area contributed by atoms with Gasteiger partial charge in [-0.1, -0.05) is 12.1 Å². The van der Waals surface area contributed by atoms with Crippen LogP contribution in [0.4, 0.5) is 4.39 Å². The van der Waals surface area contributed by atoms with Gasteiger partial charge in [0, 0.05) is 25.3 Å². The monoisotopic (exact) mass is 386 g/mol. The maximum atomic E-state index is 13.6. The molecule has 1 aromatic heterocycles. The van der Waals surface area contributed by atoms with Crippen LogP contribution in [0.2, 0.25) is 0 Å². The van der Waals surface area contributed by atoms with Gasteiger partial charge in [-0.3, -0.25) is 9.59 Å². The number of aromatic nitrogens is 1. The van der Waals surface area contributed by atoms with E-state index in [0.717, 1.165) is 29.7 Å². The molecule has 0 spiro atoms. The number of carbonyl (C=O) groups is 2. The minimum Gasteiger partial charge on any atom is -0.466 e. The summed E-state index contributed by atoms with van der Waals surface area (Å²) >= 11 is 0. The summed E-state index contributed by atoms with van der Waals surface area (Å²) < 4.78 is 20.6. The quantitative estimate of drug-likeness (QED) is 0.736. The molecule has 0 bridgehead atoms. The van der Waals surface area contributed by atoms with Crippen molar-refractivity contribution in [2.45, 2.75) is 40.2 Å². The first-order valence-electron chi connectivity index (χ1n) is 9.77. The predicted octanol–water partition coefficient (Wildman–Crippen LogP) is 3.71. The van der Waals surface area contributed by atoms with Gasteiger partial charge in [-0.05, 0) is 62.9 Å². The van der Waals surface area contributed by atoms with Crippen molar-refractivity contribution in [2.24, 2.45) is 5.92 Å². The molecule has 2 heterocycles. The van der Waals surface area contributed by atoms with Crippen LogP contribution in [0.15, 0.2) is 30.3 Å². The van der Waals surface area contributed by atoms with Crippen molar-refractivity contribution in [1.29, 1.82) is 0 Å². The van der Waals surface area contributed by atoms with E-state index in [4.69, 9.17) is 4.74 Å². The largest absolute Gasteiger partial charge is 0.466 e. The molecular formula is C22H27FN2O3. The van der Waals surface area contributed by atoms with E-state index in [1.807, 2.05) is 30.5 Å². The lowest BCUT2D eigenvalue weighted by Crippen LogP contribution is -2.43. The van der Waals surface area contributed by atoms with E-state index >= 15 is 0 Å². The van der Waals surface area contributed by atoms with Gasteiger partial charge < -0.3 is 14.2 Å². The van der Waals surface area contributed by atoms with Crippen molar-refractivity contribution in [3.8, 4) is 0 Å². The molecule has 0 radical (unpaired) electrons. The molecule has 1 fully saturated rings. The number of nitrogens with zero attached hydrogens (tertiary/aromatic N) is 2. The average molecular weight is 386 g/mol. The van der Waals surface area contributed by atoms with E-state index in [-0.39, 0.29) is 23.6 Å². The van der Waals surface area contributed by atoms with E-state index in [9.17, 15) is 14.0 Å². The van der Waals surface area contributed by atoms with Crippen LogP contribution in [-0.2, 0) is 16.1 Å². The molecule has 0 aliphatic carbocycles. The van der Waals surface area contributed by atoms with Crippen LogP contribution in [-0.4, -0.2) is 41.0 Å². The lowest BCUT2D eigenvalue weighted by atomic mass is 9.97. The van der Waals surface area contributed by atoms with Gasteiger partial charge in [0.2, 0.25) is 0 Å². The highest BCUT2D eigenvalue weighted by molar-refractivity contribution is 5.95. The SMILES string of the molecule is CCOC(=O)[C@@H]1CCCN(C(=O)c2c(C)cc(C)n2Cc2cccc(F)c2)C1. The van der Waals surface area contributed by atoms with Crippen LogP contribution in [0.1, 0.15) is 47.1 Å². The van der Waals surface area contributed by atoms with Crippen LogP contribution in [0, 0.1) is 25.6 Å². The number of rotatable bonds is 5. The zero-order valence-corrected chi connectivity index (χ0v) is 16.7. The highest BCUT2D eigenvalue weighted by Gasteiger charge is 2.31. The topological polar surface area (TPSA) is 51.5 Å². The number of esters is 1. The zero-order chi connectivity index (χ0) is 20.3. The molecule has 0 saturated carbocycles. The number of aryl methyl sites for hydroxylation is 2. The van der Waals surface area contributed by atoms with Crippen molar-refractivity contribution in [2.75, 3.05) is 19.7 Å². The number of piperidine rings is 1. The van der Waals surface area contributed by atoms with E-state index in [1.54, 1.807) is 17.9 Å². The number of hydrogen-bond acceptors (Lipinski definition) is 3. The highest BCUT2D eigenvalue weighted by Crippen LogP contribution is 2.24. The van der Waals surface area contributed by atoms with Crippen molar-refractivity contribution in [3.63, 3.8) is 0 Å². The number of carbonyl (C=O) groups excluding carboxylic acids is 2. The summed E-state index contributed by atoms with van der Waals surface area (Å²) in [6.07, 6.45) is 1.52. The van der Waals surface area contributed by atoms with Crippen molar-refractivity contribution >= 4 is 11.9 Å². The standard InChI is InChI=1S/C22H27FN2O3/c1-4-28-22(27)18-8-6-10-24(14-18)21(26)20-15(2)11-16(3)25(20)13-17-7-5-9-19(23)12-17/h5,7,9,11-12,18H,4,6,8,10,13-14H2,1-3H3/t18-/m1/s1. The number of hydrogen-bond donors (Lipinski definition) is 0. The molecule has 1 aromatic carbocycles. The Morgan fingerprint density at radius 2 is 2.04 bits per heavy atom. The third-order valence-corrected chi connectivity index (χ3v) is 5.26. The van der Waals surface area contributed by atoms with E-state index in [0.29, 0.717) is 31.9 Å². The smallest absolute Gasteiger partial charge is 0.310 e. The molecule has 1 atom stereocenters. The van der Waals surface area contributed by atoms with Gasteiger partial charge >= 0.3 is 5.97 Å². The Morgan fingerprint density at radius 1 is 1.25 bits per heavy atom. The Labute approximate surface area is 165 Å². The van der Waals surface area contributed by atoms with E-state index < -0.39 is 0 Å². The Balaban J connectivity index is 1.84. The maximum Gasteiger partial charge on any atom is 0.310 e. The van der Waals surface area contributed by atoms with Crippen LogP contribution >= 0.6 is 0 Å². The van der Waals surface area contributed by atoms with Gasteiger partial charge in [0.05, 0.1) is 12.5 Å². The second-order valence-electron chi connectivity index (χ2n) is 7.38. The highest BCUT2D eigenvalue weighted by atomic mass is 19.1. The van der Waals surface area contributed by atoms with Gasteiger partial charge in [-0.25, -0.2) is 4.39 Å². The summed E-state index contributed by atoms with van der Waals surface area (Å²) in [5.41, 5.74) is 3.24. The fourth-order valence-corrected chi connectivity index (χ4v) is 3.92. The molecule has 0 N–H and O–H groups in total. The molecule has 1 saturated heterocycles. The number of halogens is 1. The number of ether oxygens (including phenoxy) is 1. The van der Waals surface area contributed by atoms with Gasteiger partial charge in [0.25, 0.3) is 5.91 Å². The Morgan fingerprint density at radius 3 is 2.75 bits per heavy atom. The molecule has 0 unspecified atom stereocenters. The molecule has 1 amide bonds. The van der Waals surface area contributed by atoms with E-state index in [1.165, 1.54) is 12.1 Å². The second-order valence-corrected chi connectivity index (χ2v) is 7.38. The van der Waals surface area contributed by atoms with Crippen LogP contribution in [0.5, 0.6) is 0 Å². The Hall–Kier alpha value is -2.63. The molecule has 2 aromatic rings. The molecule has 3 rings (SSSR count). The van der Waals surface area contributed by atoms with Gasteiger partial charge in [0.15, 0.2) is 0 Å². The molecule has 1 aliphatic heterocycles. The average Bonchev–Trinajstić information content (AvgIpc) is 2.94. The normalized spacial score (nSPS) is 16.9. The summed E-state index contributed by atoms with van der Waals surface area (Å²) in [5, 5.41) is 0. The van der Waals surface area contributed by atoms with Crippen LogP contribution in [0.3, 0.4) is 0 Å². The van der Waals surface area contributed by atoms with E-state index in [2.05, 4.69) is 0 Å². The lowest BCUT2D eigenvalue weighted by molar-refractivity contribution is -0.149. The zero-order valence-electron chi connectivity index (χ0n) is 16.7. The molecule has 28 heavy (non-hydrogen) atoms. The molecular weight excluding hydrogens is 359 g/mol. The Bertz CT molecular complexity index is 875. The van der Waals surface area contributed by atoms with Crippen molar-refractivity contribution in [1.82, 2.24) is 9.47 Å². The first-order valence-corrected chi connectivity index (χ1v) is 9.77. The van der Waals surface area contributed by atoms with Crippen molar-refractivity contribution < 1.29 is 18.7 Å². The number of benzene rings is 1. The van der Waals surface area contributed by atoms with Crippen LogP contribution < -0.4 is 0 Å². The first kappa shape index (κ1) is 20.1. The number of likely N-dealkylation sites (tertiary alicyclic amines) is 1. The minimum absolute atomic E-state index is 0.0870. The summed E-state index contributed by atoms with van der Waals surface area (Å²) in [5.74, 6) is -0.884. The van der Waals surface area contributed by atoms with Crippen molar-refractivity contribution in [3.05, 3.63) is 58.7 Å². The first-order chi connectivity index (χ1) is 13.4. The number of amides is 1. The fraction of sp³-hybridized carbons (Fsp3) is 0.455. The molecule has 150 valence electrons. The third-order valence-electron chi connectivity index (χ3n) is 5.26. The summed E-state index contributed by atoms with van der Waals surface area (Å²) in [6, 6.07) is 8.39. The lowest BCUT2D eigenvalue weighted by Gasteiger charge is -2.32. The fourth-order valence-electron chi connectivity index (χ4n) is 3.92. The molecule has 6 heteroatoms. The van der Waals surface area contributed by atoms with Crippen LogP contribution in [0.25, 0.3) is 0 Å². The Kier molecular flexibility index (Phi) is 6.17. The van der Waals surface area contributed by atoms with Gasteiger partial charge in [0.1, 0.15) is 11.5 Å². The molecule has 5 nitrogen and oxygen atoms in total. The summed E-state index contributed by atoms with van der Waals surface area (Å²) in [7, 11) is 0. The maximum absolute atomic E-state index is 13.6. The predicted molar refractivity (Wildman–Crippen MR) is 105 cm³/mol. The van der Waals surface area contributed by atoms with Gasteiger partial charge in [-0.2, -0.15) is 0 Å². The summed E-state index contributed by atoms with van der Waals surface area (Å²) in [6.45, 7) is 7.41. The summed E-state index contributed by atoms with van der Waals surface area (Å²) in [4.78, 5) is 27.2. The minimum atomic E-state index is -0.291. The molecule has 1 aliphatic rings. The third kappa shape index (κ3) is 4.26. The second kappa shape index (κ2) is 8.59. The van der Waals surface area contributed by atoms with Gasteiger partial charge in [-0.15, -0.1) is 0 Å².